The molecular formula is C15H22BrNO3. The van der Waals surface area contributed by atoms with Crippen molar-refractivity contribution >= 4 is 15.9 Å². The second-order valence-electron chi connectivity index (χ2n) is 5.95. The summed E-state index contributed by atoms with van der Waals surface area (Å²) in [5, 5.41) is 22.9. The highest BCUT2D eigenvalue weighted by Crippen LogP contribution is 2.40. The van der Waals surface area contributed by atoms with E-state index in [0.717, 1.165) is 16.6 Å². The topological polar surface area (TPSA) is 61.7 Å². The molecule has 1 aliphatic rings. The van der Waals surface area contributed by atoms with Crippen LogP contribution in [0.15, 0.2) is 28.7 Å². The largest absolute Gasteiger partial charge is 0.491 e. The van der Waals surface area contributed by atoms with Crippen LogP contribution >= 0.6 is 15.9 Å². The number of benzene rings is 1. The number of hydrogen-bond acceptors (Lipinski definition) is 4. The number of ether oxygens (including phenoxy) is 1. The van der Waals surface area contributed by atoms with Gasteiger partial charge in [-0.1, -0.05) is 29.8 Å². The molecule has 0 heterocycles. The minimum atomic E-state index is -0.563. The number of aliphatic hydroxyl groups is 2. The third kappa shape index (κ3) is 3.73. The molecule has 0 amide bonds. The van der Waals surface area contributed by atoms with Crippen molar-refractivity contribution in [2.45, 2.75) is 38.5 Å². The first kappa shape index (κ1) is 15.8. The first-order chi connectivity index (χ1) is 9.39. The predicted octanol–water partition coefficient (Wildman–Crippen LogP) is 1.94. The Hall–Kier alpha value is -0.620. The predicted molar refractivity (Wildman–Crippen MR) is 81.8 cm³/mol. The fraction of sp³-hybridized carbons (Fsp3) is 0.600. The van der Waals surface area contributed by atoms with Gasteiger partial charge in [-0.3, -0.25) is 0 Å². The third-order valence-corrected chi connectivity index (χ3v) is 4.60. The smallest absolute Gasteiger partial charge is 0.119 e. The van der Waals surface area contributed by atoms with Gasteiger partial charge in [0, 0.05) is 22.5 Å². The summed E-state index contributed by atoms with van der Waals surface area (Å²) in [5.41, 5.74) is -0.119. The molecule has 0 spiro atoms. The standard InChI is InChI=1S/C15H22BrNO3/c1-15(2)13(7-14(15)19)17-8-11(18)9-20-12-5-3-10(16)4-6-12/h3-6,11,13-14,17-19H,7-9H2,1-2H3. The Kier molecular flexibility index (Phi) is 5.07. The number of rotatable bonds is 6. The van der Waals surface area contributed by atoms with Crippen LogP contribution in [0.1, 0.15) is 20.3 Å². The first-order valence-corrected chi connectivity index (χ1v) is 7.67. The van der Waals surface area contributed by atoms with Gasteiger partial charge in [-0.15, -0.1) is 0 Å². The SMILES string of the molecule is CC1(C)C(O)CC1NCC(O)COc1ccc(Br)cc1. The Bertz CT molecular complexity index is 435. The minimum absolute atomic E-state index is 0.119. The average Bonchev–Trinajstić information content (AvgIpc) is 2.42. The second-order valence-corrected chi connectivity index (χ2v) is 6.87. The van der Waals surface area contributed by atoms with Gasteiger partial charge in [0.15, 0.2) is 0 Å². The zero-order valence-electron chi connectivity index (χ0n) is 11.8. The van der Waals surface area contributed by atoms with E-state index in [2.05, 4.69) is 21.2 Å². The van der Waals surface area contributed by atoms with E-state index in [1.165, 1.54) is 0 Å². The molecule has 0 radical (unpaired) electrons. The zero-order valence-corrected chi connectivity index (χ0v) is 13.4. The highest BCUT2D eigenvalue weighted by atomic mass is 79.9. The minimum Gasteiger partial charge on any atom is -0.491 e. The van der Waals surface area contributed by atoms with Crippen LogP contribution in [0, 0.1) is 5.41 Å². The Morgan fingerprint density at radius 2 is 2.05 bits per heavy atom. The van der Waals surface area contributed by atoms with E-state index >= 15 is 0 Å². The van der Waals surface area contributed by atoms with E-state index in [0.29, 0.717) is 6.54 Å². The van der Waals surface area contributed by atoms with Crippen molar-refractivity contribution in [3.63, 3.8) is 0 Å². The molecule has 1 saturated carbocycles. The molecule has 0 aromatic heterocycles. The average molecular weight is 344 g/mol. The Morgan fingerprint density at radius 3 is 2.60 bits per heavy atom. The normalized spacial score (nSPS) is 25.9. The van der Waals surface area contributed by atoms with E-state index in [4.69, 9.17) is 4.74 Å². The molecule has 1 aliphatic carbocycles. The number of halogens is 1. The van der Waals surface area contributed by atoms with Crippen molar-refractivity contribution in [3.8, 4) is 5.75 Å². The van der Waals surface area contributed by atoms with Gasteiger partial charge in [0.2, 0.25) is 0 Å². The summed E-state index contributed by atoms with van der Waals surface area (Å²) in [4.78, 5) is 0. The highest BCUT2D eigenvalue weighted by molar-refractivity contribution is 9.10. The molecule has 1 aromatic carbocycles. The third-order valence-electron chi connectivity index (χ3n) is 4.07. The maximum absolute atomic E-state index is 9.91. The summed E-state index contributed by atoms with van der Waals surface area (Å²) < 4.78 is 6.52. The summed E-state index contributed by atoms with van der Waals surface area (Å²) >= 11 is 3.36. The second kappa shape index (κ2) is 6.43. The summed E-state index contributed by atoms with van der Waals surface area (Å²) in [6.07, 6.45) is -0.0730. The molecule has 5 heteroatoms. The lowest BCUT2D eigenvalue weighted by Crippen LogP contribution is -2.61. The van der Waals surface area contributed by atoms with Crippen LogP contribution < -0.4 is 10.1 Å². The summed E-state index contributed by atoms with van der Waals surface area (Å²) in [7, 11) is 0. The van der Waals surface area contributed by atoms with Gasteiger partial charge in [0.25, 0.3) is 0 Å². The van der Waals surface area contributed by atoms with Crippen molar-refractivity contribution in [3.05, 3.63) is 28.7 Å². The Balaban J connectivity index is 1.68. The van der Waals surface area contributed by atoms with Crippen LogP contribution in [0.4, 0.5) is 0 Å². The van der Waals surface area contributed by atoms with Gasteiger partial charge in [-0.2, -0.15) is 0 Å². The van der Waals surface area contributed by atoms with E-state index < -0.39 is 6.10 Å². The van der Waals surface area contributed by atoms with Gasteiger partial charge in [0.1, 0.15) is 18.5 Å². The highest BCUT2D eigenvalue weighted by Gasteiger charge is 2.46. The van der Waals surface area contributed by atoms with E-state index in [1.807, 2.05) is 38.1 Å². The lowest BCUT2D eigenvalue weighted by molar-refractivity contribution is -0.0755. The molecule has 4 nitrogen and oxygen atoms in total. The van der Waals surface area contributed by atoms with E-state index in [1.54, 1.807) is 0 Å². The van der Waals surface area contributed by atoms with Gasteiger partial charge < -0.3 is 20.3 Å². The fourth-order valence-corrected chi connectivity index (χ4v) is 2.57. The van der Waals surface area contributed by atoms with Gasteiger partial charge >= 0.3 is 0 Å². The molecule has 2 rings (SSSR count). The first-order valence-electron chi connectivity index (χ1n) is 6.87. The van der Waals surface area contributed by atoms with Crippen LogP contribution in [0.25, 0.3) is 0 Å². The number of hydrogen-bond donors (Lipinski definition) is 3. The summed E-state index contributed by atoms with van der Waals surface area (Å²) in [5.74, 6) is 0.742. The molecule has 1 aromatic rings. The van der Waals surface area contributed by atoms with Gasteiger partial charge in [0.05, 0.1) is 6.10 Å². The zero-order chi connectivity index (χ0) is 14.8. The molecule has 3 atom stereocenters. The molecule has 112 valence electrons. The molecule has 3 N–H and O–H groups in total. The van der Waals surface area contributed by atoms with Crippen LogP contribution in [-0.4, -0.2) is 41.6 Å². The quantitative estimate of drug-likeness (QED) is 0.738. The van der Waals surface area contributed by atoms with Crippen molar-refractivity contribution in [1.82, 2.24) is 5.32 Å². The molecule has 20 heavy (non-hydrogen) atoms. The number of aliphatic hydroxyl groups excluding tert-OH is 2. The lowest BCUT2D eigenvalue weighted by Gasteiger charge is -2.49. The Labute approximate surface area is 128 Å². The van der Waals surface area contributed by atoms with Crippen molar-refractivity contribution in [2.24, 2.45) is 5.41 Å². The summed E-state index contributed by atoms with van der Waals surface area (Å²) in [6.45, 7) is 4.79. The van der Waals surface area contributed by atoms with Crippen molar-refractivity contribution < 1.29 is 14.9 Å². The molecule has 0 aliphatic heterocycles. The summed E-state index contributed by atoms with van der Waals surface area (Å²) in [6, 6.07) is 7.77. The van der Waals surface area contributed by atoms with Crippen LogP contribution in [0.3, 0.4) is 0 Å². The monoisotopic (exact) mass is 343 g/mol. The van der Waals surface area contributed by atoms with Gasteiger partial charge in [-0.25, -0.2) is 0 Å². The van der Waals surface area contributed by atoms with Gasteiger partial charge in [-0.05, 0) is 30.7 Å². The van der Waals surface area contributed by atoms with E-state index in [9.17, 15) is 10.2 Å². The number of nitrogens with one attached hydrogen (secondary N) is 1. The fourth-order valence-electron chi connectivity index (χ4n) is 2.31. The van der Waals surface area contributed by atoms with E-state index in [-0.39, 0.29) is 24.2 Å². The molecular weight excluding hydrogens is 322 g/mol. The Morgan fingerprint density at radius 1 is 1.40 bits per heavy atom. The van der Waals surface area contributed by atoms with Crippen LogP contribution in [0.2, 0.25) is 0 Å². The molecule has 3 unspecified atom stereocenters. The van der Waals surface area contributed by atoms with Crippen molar-refractivity contribution in [1.29, 1.82) is 0 Å². The van der Waals surface area contributed by atoms with Crippen LogP contribution in [0.5, 0.6) is 5.75 Å². The molecule has 1 fully saturated rings. The lowest BCUT2D eigenvalue weighted by atomic mass is 9.64. The molecule has 0 saturated heterocycles. The molecule has 0 bridgehead atoms. The maximum Gasteiger partial charge on any atom is 0.119 e. The van der Waals surface area contributed by atoms with Crippen LogP contribution in [-0.2, 0) is 0 Å². The van der Waals surface area contributed by atoms with Crippen molar-refractivity contribution in [2.75, 3.05) is 13.2 Å². The maximum atomic E-state index is 9.91.